The van der Waals surface area contributed by atoms with E-state index in [2.05, 4.69) is 21.2 Å². The predicted octanol–water partition coefficient (Wildman–Crippen LogP) is 4.35. The van der Waals surface area contributed by atoms with E-state index >= 15 is 0 Å². The Morgan fingerprint density at radius 3 is 2.75 bits per heavy atom. The summed E-state index contributed by atoms with van der Waals surface area (Å²) < 4.78 is 19.1. The minimum Gasteiger partial charge on any atom is -0.452 e. The van der Waals surface area contributed by atoms with E-state index in [1.54, 1.807) is 6.07 Å². The highest BCUT2D eigenvalue weighted by atomic mass is 79.9. The van der Waals surface area contributed by atoms with Crippen LogP contribution in [0.3, 0.4) is 0 Å². The molecular formula is C12H11BrFNO. The lowest BCUT2D eigenvalue weighted by Crippen LogP contribution is -2.05. The van der Waals surface area contributed by atoms with Gasteiger partial charge in [-0.2, -0.15) is 0 Å². The summed E-state index contributed by atoms with van der Waals surface area (Å²) in [4.78, 5) is 0. The molecule has 1 atom stereocenters. The first-order valence-electron chi connectivity index (χ1n) is 4.92. The van der Waals surface area contributed by atoms with Gasteiger partial charge in [0.25, 0.3) is 0 Å². The number of rotatable bonds is 3. The van der Waals surface area contributed by atoms with Crippen LogP contribution in [0.1, 0.15) is 18.7 Å². The van der Waals surface area contributed by atoms with E-state index in [0.717, 1.165) is 11.4 Å². The van der Waals surface area contributed by atoms with Gasteiger partial charge in [0.15, 0.2) is 4.67 Å². The molecule has 16 heavy (non-hydrogen) atoms. The minimum absolute atomic E-state index is 0.00639. The van der Waals surface area contributed by atoms with Crippen LogP contribution in [0.2, 0.25) is 0 Å². The van der Waals surface area contributed by atoms with E-state index in [0.29, 0.717) is 4.67 Å². The number of furan rings is 1. The van der Waals surface area contributed by atoms with Crippen molar-refractivity contribution >= 4 is 21.6 Å². The Labute approximate surface area is 102 Å². The van der Waals surface area contributed by atoms with E-state index in [-0.39, 0.29) is 11.9 Å². The van der Waals surface area contributed by atoms with Crippen molar-refractivity contribution in [3.8, 4) is 0 Å². The monoisotopic (exact) mass is 283 g/mol. The molecule has 1 aromatic carbocycles. The number of hydrogen-bond acceptors (Lipinski definition) is 2. The first kappa shape index (κ1) is 11.2. The zero-order valence-corrected chi connectivity index (χ0v) is 10.3. The van der Waals surface area contributed by atoms with Crippen molar-refractivity contribution in [1.29, 1.82) is 0 Å². The van der Waals surface area contributed by atoms with Gasteiger partial charge in [-0.25, -0.2) is 4.39 Å². The Kier molecular flexibility index (Phi) is 3.29. The van der Waals surface area contributed by atoms with Gasteiger partial charge < -0.3 is 9.73 Å². The number of benzene rings is 1. The van der Waals surface area contributed by atoms with Gasteiger partial charge in [-0.15, -0.1) is 0 Å². The number of anilines is 1. The van der Waals surface area contributed by atoms with Crippen molar-refractivity contribution in [2.24, 2.45) is 0 Å². The van der Waals surface area contributed by atoms with Gasteiger partial charge in [-0.05, 0) is 53.2 Å². The predicted molar refractivity (Wildman–Crippen MR) is 64.8 cm³/mol. The van der Waals surface area contributed by atoms with Crippen LogP contribution in [0.25, 0.3) is 0 Å². The van der Waals surface area contributed by atoms with Crippen molar-refractivity contribution in [2.45, 2.75) is 13.0 Å². The second kappa shape index (κ2) is 4.70. The lowest BCUT2D eigenvalue weighted by molar-refractivity contribution is 0.471. The van der Waals surface area contributed by atoms with E-state index in [1.165, 1.54) is 12.1 Å². The molecule has 0 fully saturated rings. The molecule has 0 aliphatic rings. The Hall–Kier alpha value is -1.29. The molecule has 0 aliphatic carbocycles. The second-order valence-corrected chi connectivity index (χ2v) is 4.30. The number of halogens is 2. The molecule has 0 saturated carbocycles. The SMILES string of the molecule is CC(Nc1cccc(F)c1)c1ccc(Br)o1. The van der Waals surface area contributed by atoms with Crippen molar-refractivity contribution in [3.63, 3.8) is 0 Å². The second-order valence-electron chi connectivity index (χ2n) is 3.52. The van der Waals surface area contributed by atoms with Crippen molar-refractivity contribution in [1.82, 2.24) is 0 Å². The normalized spacial score (nSPS) is 12.4. The average Bonchev–Trinajstić information content (AvgIpc) is 2.65. The molecule has 1 aromatic heterocycles. The van der Waals surface area contributed by atoms with Crippen LogP contribution in [-0.2, 0) is 0 Å². The van der Waals surface area contributed by atoms with Crippen LogP contribution in [0.4, 0.5) is 10.1 Å². The largest absolute Gasteiger partial charge is 0.452 e. The summed E-state index contributed by atoms with van der Waals surface area (Å²) in [6.45, 7) is 1.95. The smallest absolute Gasteiger partial charge is 0.169 e. The molecule has 0 amide bonds. The number of hydrogen-bond donors (Lipinski definition) is 1. The van der Waals surface area contributed by atoms with Crippen LogP contribution in [0, 0.1) is 5.82 Å². The van der Waals surface area contributed by atoms with Crippen LogP contribution in [-0.4, -0.2) is 0 Å². The highest BCUT2D eigenvalue weighted by Crippen LogP contribution is 2.23. The standard InChI is InChI=1S/C12H11BrFNO/c1-8(11-5-6-12(13)16-11)15-10-4-2-3-9(14)7-10/h2-8,15H,1H3. The minimum atomic E-state index is -0.252. The fourth-order valence-corrected chi connectivity index (χ4v) is 1.78. The van der Waals surface area contributed by atoms with Gasteiger partial charge in [0.05, 0.1) is 6.04 Å². The van der Waals surface area contributed by atoms with Crippen LogP contribution in [0.5, 0.6) is 0 Å². The zero-order chi connectivity index (χ0) is 11.5. The van der Waals surface area contributed by atoms with Gasteiger partial charge in [0, 0.05) is 5.69 Å². The molecule has 1 heterocycles. The van der Waals surface area contributed by atoms with Crippen LogP contribution >= 0.6 is 15.9 Å². The molecule has 1 N–H and O–H groups in total. The van der Waals surface area contributed by atoms with E-state index < -0.39 is 0 Å². The summed E-state index contributed by atoms with van der Waals surface area (Å²) in [6, 6.07) is 10.1. The highest BCUT2D eigenvalue weighted by Gasteiger charge is 2.09. The maximum atomic E-state index is 13.0. The third kappa shape index (κ3) is 2.64. The topological polar surface area (TPSA) is 25.2 Å². The van der Waals surface area contributed by atoms with E-state index in [9.17, 15) is 4.39 Å². The third-order valence-electron chi connectivity index (χ3n) is 2.23. The third-order valence-corrected chi connectivity index (χ3v) is 2.65. The Morgan fingerprint density at radius 2 is 2.12 bits per heavy atom. The lowest BCUT2D eigenvalue weighted by Gasteiger charge is -2.12. The summed E-state index contributed by atoms with van der Waals surface area (Å²) in [5.74, 6) is 0.550. The van der Waals surface area contributed by atoms with Crippen LogP contribution < -0.4 is 5.32 Å². The molecule has 0 saturated heterocycles. The lowest BCUT2D eigenvalue weighted by atomic mass is 10.2. The molecule has 0 bridgehead atoms. The highest BCUT2D eigenvalue weighted by molar-refractivity contribution is 9.10. The molecule has 2 nitrogen and oxygen atoms in total. The first-order valence-corrected chi connectivity index (χ1v) is 5.72. The molecule has 4 heteroatoms. The number of nitrogens with one attached hydrogen (secondary N) is 1. The Morgan fingerprint density at radius 1 is 1.31 bits per heavy atom. The molecule has 1 unspecified atom stereocenters. The summed E-state index contributed by atoms with van der Waals surface area (Å²) in [5, 5.41) is 3.16. The molecule has 0 spiro atoms. The average molecular weight is 284 g/mol. The van der Waals surface area contributed by atoms with Gasteiger partial charge in [-0.3, -0.25) is 0 Å². The van der Waals surface area contributed by atoms with Gasteiger partial charge in [-0.1, -0.05) is 6.07 Å². The van der Waals surface area contributed by atoms with Crippen molar-refractivity contribution in [2.75, 3.05) is 5.32 Å². The summed E-state index contributed by atoms with van der Waals surface area (Å²) >= 11 is 3.24. The molecule has 84 valence electrons. The molecule has 2 aromatic rings. The molecule has 0 radical (unpaired) electrons. The van der Waals surface area contributed by atoms with E-state index in [1.807, 2.05) is 25.1 Å². The van der Waals surface area contributed by atoms with Crippen LogP contribution in [0.15, 0.2) is 45.5 Å². The maximum absolute atomic E-state index is 13.0. The Bertz CT molecular complexity index is 483. The Balaban J connectivity index is 2.10. The van der Waals surface area contributed by atoms with Gasteiger partial charge in [0.2, 0.25) is 0 Å². The fourth-order valence-electron chi connectivity index (χ4n) is 1.46. The summed E-state index contributed by atoms with van der Waals surface area (Å²) in [5.41, 5.74) is 0.736. The molecular weight excluding hydrogens is 273 g/mol. The zero-order valence-electron chi connectivity index (χ0n) is 8.71. The van der Waals surface area contributed by atoms with E-state index in [4.69, 9.17) is 4.42 Å². The fraction of sp³-hybridized carbons (Fsp3) is 0.167. The summed E-state index contributed by atoms with van der Waals surface area (Å²) in [6.07, 6.45) is 0. The van der Waals surface area contributed by atoms with Gasteiger partial charge >= 0.3 is 0 Å². The quantitative estimate of drug-likeness (QED) is 0.906. The first-order chi connectivity index (χ1) is 7.65. The maximum Gasteiger partial charge on any atom is 0.169 e. The molecule has 2 rings (SSSR count). The molecule has 0 aliphatic heterocycles. The van der Waals surface area contributed by atoms with Crippen molar-refractivity contribution in [3.05, 3.63) is 52.6 Å². The summed E-state index contributed by atoms with van der Waals surface area (Å²) in [7, 11) is 0. The van der Waals surface area contributed by atoms with Crippen molar-refractivity contribution < 1.29 is 8.81 Å². The van der Waals surface area contributed by atoms with Gasteiger partial charge in [0.1, 0.15) is 11.6 Å².